The molecule has 2 nitrogen and oxygen atoms in total. The molecule has 1 radical (unpaired) electrons. The maximum Gasteiger partial charge on any atom is 0.229 e. The molecule has 1 amide bonds. The zero-order valence-corrected chi connectivity index (χ0v) is 8.04. The van der Waals surface area contributed by atoms with Crippen molar-refractivity contribution in [2.45, 2.75) is 0 Å². The molecule has 0 aliphatic heterocycles. The first-order valence-corrected chi connectivity index (χ1v) is 4.70. The minimum Gasteiger partial charge on any atom is -0.326 e. The number of carbonyl (C=O) groups excluding carboxylic acids is 1. The summed E-state index contributed by atoms with van der Waals surface area (Å²) in [4.78, 5) is 11.0. The number of hydrogen-bond donors (Lipinski definition) is 1. The van der Waals surface area contributed by atoms with Crippen molar-refractivity contribution in [3.8, 4) is 0 Å². The Bertz CT molecular complexity index is 248. The van der Waals surface area contributed by atoms with Crippen LogP contribution in [-0.2, 0) is 4.79 Å². The summed E-state index contributed by atoms with van der Waals surface area (Å²) < 4.78 is 0. The first-order valence-electron chi connectivity index (χ1n) is 3.58. The fourth-order valence-corrected chi connectivity index (χ4v) is 1.08. The molecule has 63 valence electrons. The quantitative estimate of drug-likeness (QED) is 0.788. The lowest BCUT2D eigenvalue weighted by Gasteiger charge is -2.01. The van der Waals surface area contributed by atoms with E-state index in [1.807, 2.05) is 30.3 Å². The molecule has 0 saturated carbocycles. The van der Waals surface area contributed by atoms with Crippen molar-refractivity contribution >= 4 is 27.5 Å². The summed E-state index contributed by atoms with van der Waals surface area (Å²) in [5, 5.41) is 3.29. The summed E-state index contributed by atoms with van der Waals surface area (Å²) in [6.07, 6.45) is 1.53. The standard InChI is InChI=1S/C9H9BrNO/c10-7-6-9(12)11-8-4-2-1-3-5-8/h1-6H,7H2,(H,11,12). The third kappa shape index (κ3) is 3.05. The van der Waals surface area contributed by atoms with Gasteiger partial charge in [0.05, 0.1) is 6.42 Å². The molecule has 0 unspecified atom stereocenters. The molecule has 0 bridgehead atoms. The number of halogens is 1. The number of rotatable bonds is 3. The fraction of sp³-hybridized carbons (Fsp3) is 0.111. The monoisotopic (exact) mass is 226 g/mol. The van der Waals surface area contributed by atoms with Crippen LogP contribution in [0.5, 0.6) is 0 Å². The summed E-state index contributed by atoms with van der Waals surface area (Å²) in [6, 6.07) is 9.36. The molecule has 3 heteroatoms. The lowest BCUT2D eigenvalue weighted by Crippen LogP contribution is -2.11. The van der Waals surface area contributed by atoms with E-state index < -0.39 is 0 Å². The largest absolute Gasteiger partial charge is 0.326 e. The number of anilines is 1. The first kappa shape index (κ1) is 9.26. The summed E-state index contributed by atoms with van der Waals surface area (Å²) in [5.74, 6) is -0.0851. The summed E-state index contributed by atoms with van der Waals surface area (Å²) in [6.45, 7) is 0. The molecule has 0 aromatic heterocycles. The van der Waals surface area contributed by atoms with Gasteiger partial charge in [-0.05, 0) is 12.1 Å². The van der Waals surface area contributed by atoms with E-state index in [2.05, 4.69) is 21.2 Å². The Kier molecular flexibility index (Phi) is 3.80. The molecule has 1 aromatic rings. The van der Waals surface area contributed by atoms with Gasteiger partial charge in [0.1, 0.15) is 0 Å². The van der Waals surface area contributed by atoms with Gasteiger partial charge in [0, 0.05) is 11.0 Å². The number of benzene rings is 1. The first-order chi connectivity index (χ1) is 5.83. The van der Waals surface area contributed by atoms with Crippen LogP contribution in [-0.4, -0.2) is 11.2 Å². The molecule has 1 rings (SSSR count). The van der Waals surface area contributed by atoms with Crippen molar-refractivity contribution in [2.24, 2.45) is 0 Å². The maximum absolute atomic E-state index is 11.0. The van der Waals surface area contributed by atoms with Gasteiger partial charge in [-0.1, -0.05) is 34.1 Å². The molecule has 1 N–H and O–H groups in total. The minimum atomic E-state index is -0.0851. The summed E-state index contributed by atoms with van der Waals surface area (Å²) in [5.41, 5.74) is 0.819. The van der Waals surface area contributed by atoms with Gasteiger partial charge in [-0.15, -0.1) is 0 Å². The number of hydrogen-bond acceptors (Lipinski definition) is 1. The lowest BCUT2D eigenvalue weighted by atomic mass is 10.3. The molecular formula is C9H9BrNO. The van der Waals surface area contributed by atoms with E-state index in [0.29, 0.717) is 5.33 Å². The molecule has 0 fully saturated rings. The Morgan fingerprint density at radius 3 is 2.67 bits per heavy atom. The molecule has 0 heterocycles. The molecule has 0 aliphatic carbocycles. The van der Waals surface area contributed by atoms with Gasteiger partial charge in [0.25, 0.3) is 0 Å². The molecule has 0 spiro atoms. The predicted octanol–water partition coefficient (Wildman–Crippen LogP) is 2.22. The highest BCUT2D eigenvalue weighted by Crippen LogP contribution is 2.05. The van der Waals surface area contributed by atoms with Crippen molar-refractivity contribution in [3.05, 3.63) is 36.8 Å². The predicted molar refractivity (Wildman–Crippen MR) is 53.2 cm³/mol. The second kappa shape index (κ2) is 4.93. The molecule has 1 aromatic carbocycles. The molecule has 0 atom stereocenters. The van der Waals surface area contributed by atoms with E-state index in [0.717, 1.165) is 5.69 Å². The van der Waals surface area contributed by atoms with Crippen LogP contribution in [0.25, 0.3) is 0 Å². The Morgan fingerprint density at radius 1 is 1.42 bits per heavy atom. The number of para-hydroxylation sites is 1. The third-order valence-electron chi connectivity index (χ3n) is 1.30. The lowest BCUT2D eigenvalue weighted by molar-refractivity contribution is -0.113. The van der Waals surface area contributed by atoms with Crippen LogP contribution in [0.4, 0.5) is 5.69 Å². The van der Waals surface area contributed by atoms with E-state index in [1.165, 1.54) is 6.42 Å². The van der Waals surface area contributed by atoms with Gasteiger partial charge in [0.2, 0.25) is 5.91 Å². The van der Waals surface area contributed by atoms with Crippen LogP contribution in [0.3, 0.4) is 0 Å². The maximum atomic E-state index is 11.0. The highest BCUT2D eigenvalue weighted by molar-refractivity contribution is 9.09. The van der Waals surface area contributed by atoms with Crippen molar-refractivity contribution in [2.75, 3.05) is 10.6 Å². The van der Waals surface area contributed by atoms with Gasteiger partial charge in [-0.2, -0.15) is 0 Å². The third-order valence-corrected chi connectivity index (χ3v) is 1.63. The number of alkyl halides is 1. The van der Waals surface area contributed by atoms with Crippen LogP contribution < -0.4 is 5.32 Å². The van der Waals surface area contributed by atoms with E-state index in [1.54, 1.807) is 0 Å². The van der Waals surface area contributed by atoms with E-state index in [-0.39, 0.29) is 5.91 Å². The van der Waals surface area contributed by atoms with Crippen molar-refractivity contribution < 1.29 is 4.79 Å². The van der Waals surface area contributed by atoms with E-state index >= 15 is 0 Å². The summed E-state index contributed by atoms with van der Waals surface area (Å²) >= 11 is 3.15. The van der Waals surface area contributed by atoms with Crippen LogP contribution in [0.15, 0.2) is 30.3 Å². The van der Waals surface area contributed by atoms with Crippen molar-refractivity contribution in [3.63, 3.8) is 0 Å². The smallest absolute Gasteiger partial charge is 0.229 e. The van der Waals surface area contributed by atoms with Crippen LogP contribution in [0.1, 0.15) is 0 Å². The zero-order chi connectivity index (χ0) is 8.81. The minimum absolute atomic E-state index is 0.0851. The van der Waals surface area contributed by atoms with Gasteiger partial charge >= 0.3 is 0 Å². The molecule has 0 saturated heterocycles. The van der Waals surface area contributed by atoms with Crippen LogP contribution in [0.2, 0.25) is 0 Å². The molecule has 0 aliphatic rings. The topological polar surface area (TPSA) is 29.1 Å². The normalized spacial score (nSPS) is 9.42. The number of carbonyl (C=O) groups is 1. The second-order valence-corrected chi connectivity index (χ2v) is 2.86. The Balaban J connectivity index is 2.47. The van der Waals surface area contributed by atoms with Crippen LogP contribution in [0, 0.1) is 6.42 Å². The second-order valence-electron chi connectivity index (χ2n) is 2.21. The fourth-order valence-electron chi connectivity index (χ4n) is 0.785. The van der Waals surface area contributed by atoms with E-state index in [9.17, 15) is 4.79 Å². The van der Waals surface area contributed by atoms with Crippen LogP contribution >= 0.6 is 15.9 Å². The highest BCUT2D eigenvalue weighted by Gasteiger charge is 1.99. The average Bonchev–Trinajstić information content (AvgIpc) is 2.06. The average molecular weight is 227 g/mol. The van der Waals surface area contributed by atoms with E-state index in [4.69, 9.17) is 0 Å². The van der Waals surface area contributed by atoms with Crippen molar-refractivity contribution in [1.29, 1.82) is 0 Å². The highest BCUT2D eigenvalue weighted by atomic mass is 79.9. The Hall–Kier alpha value is -0.830. The van der Waals surface area contributed by atoms with Gasteiger partial charge in [-0.3, -0.25) is 4.79 Å². The molecular weight excluding hydrogens is 218 g/mol. The Morgan fingerprint density at radius 2 is 2.08 bits per heavy atom. The van der Waals surface area contributed by atoms with Gasteiger partial charge in [-0.25, -0.2) is 0 Å². The Labute approximate surface area is 80.1 Å². The summed E-state index contributed by atoms with van der Waals surface area (Å²) in [7, 11) is 0. The molecule has 12 heavy (non-hydrogen) atoms. The van der Waals surface area contributed by atoms with Crippen molar-refractivity contribution in [1.82, 2.24) is 0 Å². The number of nitrogens with one attached hydrogen (secondary N) is 1. The number of amides is 1. The van der Waals surface area contributed by atoms with Gasteiger partial charge < -0.3 is 5.32 Å². The zero-order valence-electron chi connectivity index (χ0n) is 6.46. The SMILES string of the molecule is O=C([CH]CBr)Nc1ccccc1. The van der Waals surface area contributed by atoms with Gasteiger partial charge in [0.15, 0.2) is 0 Å².